The minimum absolute atomic E-state index is 0.146. The number of halogens is 3. The molecule has 3 aromatic rings. The Hall–Kier alpha value is -2.69. The first-order valence-corrected chi connectivity index (χ1v) is 8.24. The lowest BCUT2D eigenvalue weighted by Crippen LogP contribution is -2.12. The second-order valence-corrected chi connectivity index (χ2v) is 6.36. The average Bonchev–Trinajstić information content (AvgIpc) is 2.92. The molecule has 1 aromatic heterocycles. The van der Waals surface area contributed by atoms with Crippen LogP contribution in [0.5, 0.6) is 5.75 Å². The number of rotatable bonds is 3. The highest BCUT2D eigenvalue weighted by atomic mass is 19.4. The van der Waals surface area contributed by atoms with Crippen LogP contribution >= 0.6 is 0 Å². The van der Waals surface area contributed by atoms with Crippen molar-refractivity contribution in [3.63, 3.8) is 0 Å². The second kappa shape index (κ2) is 6.56. The highest BCUT2D eigenvalue weighted by Crippen LogP contribution is 2.38. The summed E-state index contributed by atoms with van der Waals surface area (Å²) in [4.78, 5) is 0. The van der Waals surface area contributed by atoms with Crippen LogP contribution in [0, 0.1) is 20.8 Å². The van der Waals surface area contributed by atoms with Crippen molar-refractivity contribution in [1.82, 2.24) is 4.57 Å². The van der Waals surface area contributed by atoms with E-state index in [0.29, 0.717) is 11.3 Å². The van der Waals surface area contributed by atoms with Crippen LogP contribution in [0.1, 0.15) is 22.5 Å². The normalized spacial score (nSPS) is 11.7. The first-order chi connectivity index (χ1) is 12.2. The first kappa shape index (κ1) is 18.1. The Bertz CT molecular complexity index is 935. The largest absolute Gasteiger partial charge is 0.497 e. The van der Waals surface area contributed by atoms with Crippen molar-refractivity contribution in [2.45, 2.75) is 26.9 Å². The monoisotopic (exact) mass is 359 g/mol. The molecule has 0 aliphatic rings. The van der Waals surface area contributed by atoms with Gasteiger partial charge in [-0.25, -0.2) is 0 Å². The van der Waals surface area contributed by atoms with E-state index in [4.69, 9.17) is 4.74 Å². The molecule has 0 bridgehead atoms. The second-order valence-electron chi connectivity index (χ2n) is 6.36. The van der Waals surface area contributed by atoms with Gasteiger partial charge in [-0.1, -0.05) is 12.1 Å². The summed E-state index contributed by atoms with van der Waals surface area (Å²) in [5, 5.41) is 0. The molecule has 0 aliphatic carbocycles. The van der Waals surface area contributed by atoms with Crippen molar-refractivity contribution in [3.05, 3.63) is 71.0 Å². The molecule has 0 fully saturated rings. The highest BCUT2D eigenvalue weighted by Gasteiger charge is 2.35. The summed E-state index contributed by atoms with van der Waals surface area (Å²) >= 11 is 0. The van der Waals surface area contributed by atoms with Gasteiger partial charge in [-0.15, -0.1) is 0 Å². The van der Waals surface area contributed by atoms with Gasteiger partial charge in [0.05, 0.1) is 18.4 Å². The SMILES string of the molecule is COc1ccc(-c2ccc(-n3c(C)ccc3C)c(C(F)(F)F)c2)c(C)c1. The Morgan fingerprint density at radius 1 is 0.846 bits per heavy atom. The van der Waals surface area contributed by atoms with Crippen LogP contribution in [-0.4, -0.2) is 11.7 Å². The van der Waals surface area contributed by atoms with Crippen LogP contribution in [0.4, 0.5) is 13.2 Å². The van der Waals surface area contributed by atoms with Crippen molar-refractivity contribution in [3.8, 4) is 22.6 Å². The molecule has 0 radical (unpaired) electrons. The number of aryl methyl sites for hydroxylation is 3. The lowest BCUT2D eigenvalue weighted by atomic mass is 9.97. The number of benzene rings is 2. The lowest BCUT2D eigenvalue weighted by molar-refractivity contribution is -0.137. The average molecular weight is 359 g/mol. The molecule has 5 heteroatoms. The number of methoxy groups -OCH3 is 1. The minimum atomic E-state index is -4.45. The van der Waals surface area contributed by atoms with Crippen molar-refractivity contribution in [2.75, 3.05) is 7.11 Å². The molecule has 0 aliphatic heterocycles. The molecule has 0 amide bonds. The molecular formula is C21H20F3NO. The summed E-state index contributed by atoms with van der Waals surface area (Å²) in [5.74, 6) is 0.678. The number of alkyl halides is 3. The van der Waals surface area contributed by atoms with Gasteiger partial charge in [-0.05, 0) is 73.9 Å². The van der Waals surface area contributed by atoms with Crippen LogP contribution in [0.25, 0.3) is 16.8 Å². The van der Waals surface area contributed by atoms with E-state index >= 15 is 0 Å². The van der Waals surface area contributed by atoms with Gasteiger partial charge < -0.3 is 9.30 Å². The molecule has 0 saturated heterocycles. The van der Waals surface area contributed by atoms with Crippen molar-refractivity contribution >= 4 is 0 Å². The van der Waals surface area contributed by atoms with E-state index in [1.807, 2.05) is 25.1 Å². The summed E-state index contributed by atoms with van der Waals surface area (Å²) in [5.41, 5.74) is 3.17. The quantitative estimate of drug-likeness (QED) is 0.551. The number of nitrogens with zero attached hydrogens (tertiary/aromatic N) is 1. The molecule has 0 unspecified atom stereocenters. The molecule has 0 N–H and O–H groups in total. The maximum absolute atomic E-state index is 13.8. The predicted molar refractivity (Wildman–Crippen MR) is 97.0 cm³/mol. The van der Waals surface area contributed by atoms with Gasteiger partial charge in [-0.2, -0.15) is 13.2 Å². The van der Waals surface area contributed by atoms with Crippen LogP contribution < -0.4 is 4.74 Å². The molecule has 26 heavy (non-hydrogen) atoms. The third-order valence-electron chi connectivity index (χ3n) is 4.56. The molecule has 1 heterocycles. The van der Waals surface area contributed by atoms with Gasteiger partial charge in [-0.3, -0.25) is 0 Å². The third-order valence-corrected chi connectivity index (χ3v) is 4.56. The molecule has 0 saturated carbocycles. The van der Waals surface area contributed by atoms with E-state index in [-0.39, 0.29) is 5.69 Å². The van der Waals surface area contributed by atoms with Crippen molar-refractivity contribution in [1.29, 1.82) is 0 Å². The summed E-state index contributed by atoms with van der Waals surface area (Å²) in [6, 6.07) is 13.5. The fraction of sp³-hybridized carbons (Fsp3) is 0.238. The van der Waals surface area contributed by atoms with E-state index in [1.54, 1.807) is 49.8 Å². The van der Waals surface area contributed by atoms with Crippen LogP contribution in [-0.2, 0) is 6.18 Å². The van der Waals surface area contributed by atoms with Crippen molar-refractivity contribution in [2.24, 2.45) is 0 Å². The molecule has 0 spiro atoms. The van der Waals surface area contributed by atoms with E-state index in [9.17, 15) is 13.2 Å². The van der Waals surface area contributed by atoms with E-state index in [2.05, 4.69) is 0 Å². The molecule has 2 aromatic carbocycles. The van der Waals surface area contributed by atoms with Gasteiger partial charge in [0.25, 0.3) is 0 Å². The number of hydrogen-bond donors (Lipinski definition) is 0. The Labute approximate surface area is 150 Å². The van der Waals surface area contributed by atoms with Crippen LogP contribution in [0.2, 0.25) is 0 Å². The Morgan fingerprint density at radius 2 is 1.50 bits per heavy atom. The smallest absolute Gasteiger partial charge is 0.418 e. The fourth-order valence-electron chi connectivity index (χ4n) is 3.26. The van der Waals surface area contributed by atoms with Gasteiger partial charge in [0.2, 0.25) is 0 Å². The zero-order chi connectivity index (χ0) is 19.1. The minimum Gasteiger partial charge on any atom is -0.497 e. The Morgan fingerprint density at radius 3 is 2.04 bits per heavy atom. The Kier molecular flexibility index (Phi) is 4.57. The lowest BCUT2D eigenvalue weighted by Gasteiger charge is -2.19. The number of hydrogen-bond acceptors (Lipinski definition) is 1. The van der Waals surface area contributed by atoms with Gasteiger partial charge in [0, 0.05) is 11.4 Å². The summed E-state index contributed by atoms with van der Waals surface area (Å²) in [7, 11) is 1.56. The summed E-state index contributed by atoms with van der Waals surface area (Å²) in [6.45, 7) is 5.46. The molecule has 3 rings (SSSR count). The van der Waals surface area contributed by atoms with Gasteiger partial charge >= 0.3 is 6.18 Å². The fourth-order valence-corrected chi connectivity index (χ4v) is 3.26. The van der Waals surface area contributed by atoms with Crippen molar-refractivity contribution < 1.29 is 17.9 Å². The molecule has 0 atom stereocenters. The van der Waals surface area contributed by atoms with Gasteiger partial charge in [0.1, 0.15) is 5.75 Å². The van der Waals surface area contributed by atoms with Crippen LogP contribution in [0.15, 0.2) is 48.5 Å². The topological polar surface area (TPSA) is 14.2 Å². The first-order valence-electron chi connectivity index (χ1n) is 8.24. The number of aromatic nitrogens is 1. The molecular weight excluding hydrogens is 339 g/mol. The maximum Gasteiger partial charge on any atom is 0.418 e. The summed E-state index contributed by atoms with van der Waals surface area (Å²) < 4.78 is 48.2. The van der Waals surface area contributed by atoms with E-state index in [0.717, 1.165) is 22.5 Å². The number of ether oxygens (including phenoxy) is 1. The Balaban J connectivity index is 2.20. The molecule has 136 valence electrons. The van der Waals surface area contributed by atoms with E-state index < -0.39 is 11.7 Å². The highest BCUT2D eigenvalue weighted by molar-refractivity contribution is 5.71. The zero-order valence-corrected chi connectivity index (χ0v) is 15.1. The van der Waals surface area contributed by atoms with Crippen LogP contribution in [0.3, 0.4) is 0 Å². The molecule has 2 nitrogen and oxygen atoms in total. The summed E-state index contributed by atoms with van der Waals surface area (Å²) in [6.07, 6.45) is -4.45. The predicted octanol–water partition coefficient (Wildman–Crippen LogP) is 6.10. The zero-order valence-electron chi connectivity index (χ0n) is 15.1. The van der Waals surface area contributed by atoms with E-state index in [1.165, 1.54) is 6.07 Å². The standard InChI is InChI=1S/C21H20F3NO/c1-13-11-17(26-4)8-9-18(13)16-7-10-20(19(12-16)21(22,23)24)25-14(2)5-6-15(25)3/h5-12H,1-4H3. The maximum atomic E-state index is 13.8. The van der Waals surface area contributed by atoms with Gasteiger partial charge in [0.15, 0.2) is 0 Å². The third kappa shape index (κ3) is 3.21.